The third kappa shape index (κ3) is 11.2. The van der Waals surface area contributed by atoms with Gasteiger partial charge in [-0.25, -0.2) is 9.59 Å². The Labute approximate surface area is 289 Å². The van der Waals surface area contributed by atoms with Crippen LogP contribution in [0.5, 0.6) is 0 Å². The van der Waals surface area contributed by atoms with Gasteiger partial charge in [-0.1, -0.05) is 55.4 Å². The quantitative estimate of drug-likeness (QED) is 0.136. The number of anilines is 2. The van der Waals surface area contributed by atoms with Gasteiger partial charge in [-0.05, 0) is 34.3 Å². The molecule has 2 saturated heterocycles. The number of aliphatic hydroxyl groups excluding tert-OH is 6. The van der Waals surface area contributed by atoms with Crippen molar-refractivity contribution in [1.29, 1.82) is 0 Å². The van der Waals surface area contributed by atoms with Gasteiger partial charge in [-0.3, -0.25) is 9.13 Å². The van der Waals surface area contributed by atoms with E-state index >= 15 is 0 Å². The molecular weight excluding hydrogens is 677 g/mol. The van der Waals surface area contributed by atoms with E-state index in [1.165, 1.54) is 24.5 Å². The van der Waals surface area contributed by atoms with Gasteiger partial charge in [0.2, 0.25) is 0 Å². The summed E-state index contributed by atoms with van der Waals surface area (Å²) < 4.78 is 18.9. The van der Waals surface area contributed by atoms with E-state index in [0.29, 0.717) is 0 Å². The van der Waals surface area contributed by atoms with Crippen molar-refractivity contribution in [1.82, 2.24) is 19.1 Å². The second-order valence-corrected chi connectivity index (χ2v) is 21.9. The van der Waals surface area contributed by atoms with E-state index in [-0.39, 0.29) is 11.6 Å². The molecule has 280 valence electrons. The number of nitrogen functional groups attached to an aromatic ring is 2. The summed E-state index contributed by atoms with van der Waals surface area (Å²) in [5.74, 6) is 0.107. The molecule has 4 heterocycles. The zero-order valence-corrected chi connectivity index (χ0v) is 31.8. The molecule has 0 spiro atoms. The van der Waals surface area contributed by atoms with Crippen molar-refractivity contribution in [2.45, 2.75) is 127 Å². The zero-order valence-electron chi connectivity index (χ0n) is 29.5. The van der Waals surface area contributed by atoms with Crippen molar-refractivity contribution in [3.05, 3.63) is 45.5 Å². The van der Waals surface area contributed by atoms with Crippen LogP contribution in [0.1, 0.15) is 67.8 Å². The summed E-state index contributed by atoms with van der Waals surface area (Å²) in [7, 11) is -1.98. The highest BCUT2D eigenvalue weighted by atomic mass is 28.4. The van der Waals surface area contributed by atoms with Gasteiger partial charge in [-0.15, -0.1) is 0 Å². The molecule has 0 saturated carbocycles. The Morgan fingerprint density at radius 2 is 0.980 bits per heavy atom. The standard InChI is InChI=1S/C12H30OSi2.2C9H13N3O5/c1-9(2)14(10(3)4)13-15(11(5)6)12(7)8;2*10-5-1-2-12(9(16)11-5)8-7(15)6(14)4(3-13)17-8/h9-12,14-15H,1-8H3;2*1-2,4,6-8,13-15H,3H2,(H2,10,11,16)/t;2*4-,6-,7-,8-/m.11/s1. The second-order valence-electron chi connectivity index (χ2n) is 13.6. The van der Waals surface area contributed by atoms with E-state index in [1.54, 1.807) is 0 Å². The molecule has 19 heteroatoms. The Kier molecular flexibility index (Phi) is 16.7. The van der Waals surface area contributed by atoms with Gasteiger partial charge in [-0.2, -0.15) is 9.97 Å². The van der Waals surface area contributed by atoms with Crippen LogP contribution in [0.4, 0.5) is 11.6 Å². The first kappa shape index (κ1) is 42.6. The third-order valence-corrected chi connectivity index (χ3v) is 16.0. The molecule has 4 rings (SSSR count). The Hall–Kier alpha value is -2.57. The van der Waals surface area contributed by atoms with Crippen LogP contribution >= 0.6 is 0 Å². The number of ether oxygens (including phenoxy) is 2. The lowest BCUT2D eigenvalue weighted by molar-refractivity contribution is -0.0549. The zero-order chi connectivity index (χ0) is 37.3. The van der Waals surface area contributed by atoms with Crippen LogP contribution in [-0.4, -0.2) is 118 Å². The topological polar surface area (TPSA) is 271 Å². The van der Waals surface area contributed by atoms with E-state index in [1.807, 2.05) is 0 Å². The summed E-state index contributed by atoms with van der Waals surface area (Å²) in [4.78, 5) is 30.0. The predicted octanol–water partition coefficient (Wildman–Crippen LogP) is -1.04. The second kappa shape index (κ2) is 19.2. The SMILES string of the molecule is CC(C)[SiH](O[SiH](C(C)C)C(C)C)C(C)C.Nc1ccn([C@@H]2O[C@H](CO)[C@@H](O)[C@H]2O)c(=O)n1.Nc1ccn([C@@H]2O[C@H](CO)[C@@H](O)[C@H]2O)c(=O)n1. The van der Waals surface area contributed by atoms with Crippen molar-refractivity contribution < 1.29 is 44.2 Å². The summed E-state index contributed by atoms with van der Waals surface area (Å²) in [6.07, 6.45) is -6.53. The van der Waals surface area contributed by atoms with Crippen molar-refractivity contribution >= 4 is 29.7 Å². The molecule has 0 aromatic carbocycles. The predicted molar refractivity (Wildman–Crippen MR) is 188 cm³/mol. The largest absolute Gasteiger partial charge is 0.459 e. The van der Waals surface area contributed by atoms with Gasteiger partial charge < -0.3 is 55.7 Å². The summed E-state index contributed by atoms with van der Waals surface area (Å²) >= 11 is 0. The lowest BCUT2D eigenvalue weighted by atomic mass is 10.1. The van der Waals surface area contributed by atoms with E-state index in [4.69, 9.17) is 35.3 Å². The lowest BCUT2D eigenvalue weighted by Gasteiger charge is -2.32. The van der Waals surface area contributed by atoms with Crippen molar-refractivity contribution in [3.8, 4) is 0 Å². The fraction of sp³-hybridized carbons (Fsp3) is 0.733. The number of hydrogen-bond donors (Lipinski definition) is 8. The van der Waals surface area contributed by atoms with E-state index in [0.717, 1.165) is 31.3 Å². The molecule has 0 unspecified atom stereocenters. The number of nitrogens with two attached hydrogens (primary N) is 2. The fourth-order valence-electron chi connectivity index (χ4n) is 5.81. The monoisotopic (exact) mass is 732 g/mol. The molecular formula is C30H56N6O11Si2. The third-order valence-electron chi connectivity index (χ3n) is 8.23. The van der Waals surface area contributed by atoms with Crippen LogP contribution in [-0.2, 0) is 13.6 Å². The number of nitrogens with zero attached hydrogens (tertiary/aromatic N) is 4. The first-order valence-electron chi connectivity index (χ1n) is 16.5. The average molecular weight is 733 g/mol. The van der Waals surface area contributed by atoms with E-state index < -0.39 is 91.8 Å². The summed E-state index contributed by atoms with van der Waals surface area (Å²) in [5, 5.41) is 56.3. The van der Waals surface area contributed by atoms with E-state index in [9.17, 15) is 30.0 Å². The molecule has 2 aromatic heterocycles. The Morgan fingerprint density at radius 3 is 1.20 bits per heavy atom. The number of hydrogen-bond acceptors (Lipinski definition) is 15. The maximum Gasteiger partial charge on any atom is 0.351 e. The minimum absolute atomic E-state index is 0.0537. The molecule has 10 N–H and O–H groups in total. The van der Waals surface area contributed by atoms with Crippen molar-refractivity contribution in [3.63, 3.8) is 0 Å². The Balaban J connectivity index is 0.000000256. The smallest absolute Gasteiger partial charge is 0.351 e. The van der Waals surface area contributed by atoms with Gasteiger partial charge in [0.15, 0.2) is 30.5 Å². The van der Waals surface area contributed by atoms with Crippen LogP contribution in [0.2, 0.25) is 22.2 Å². The summed E-state index contributed by atoms with van der Waals surface area (Å²) in [5.41, 5.74) is 12.4. The van der Waals surface area contributed by atoms with Crippen molar-refractivity contribution in [2.24, 2.45) is 0 Å². The molecule has 2 aliphatic heterocycles. The maximum absolute atomic E-state index is 11.5. The minimum atomic E-state index is -1.31. The van der Waals surface area contributed by atoms with Gasteiger partial charge in [0.05, 0.1) is 13.2 Å². The Bertz CT molecular complexity index is 1300. The van der Waals surface area contributed by atoms with Crippen molar-refractivity contribution in [2.75, 3.05) is 24.7 Å². The normalized spacial score (nSPS) is 26.9. The van der Waals surface area contributed by atoms with Crippen LogP contribution in [0, 0.1) is 0 Å². The highest BCUT2D eigenvalue weighted by molar-refractivity contribution is 6.69. The summed E-state index contributed by atoms with van der Waals surface area (Å²) in [6, 6.07) is 2.74. The lowest BCUT2D eigenvalue weighted by Crippen LogP contribution is -2.37. The molecule has 8 atom stereocenters. The molecule has 2 aromatic rings. The first-order valence-corrected chi connectivity index (χ1v) is 20.1. The highest BCUT2D eigenvalue weighted by Crippen LogP contribution is 2.30. The minimum Gasteiger partial charge on any atom is -0.459 e. The number of aromatic nitrogens is 4. The highest BCUT2D eigenvalue weighted by Gasteiger charge is 2.44. The van der Waals surface area contributed by atoms with Gasteiger partial charge in [0.1, 0.15) is 48.3 Å². The Morgan fingerprint density at radius 1 is 0.673 bits per heavy atom. The fourth-order valence-corrected chi connectivity index (χ4v) is 15.4. The van der Waals surface area contributed by atoms with Crippen LogP contribution in [0.25, 0.3) is 0 Å². The molecule has 49 heavy (non-hydrogen) atoms. The molecule has 0 bridgehead atoms. The summed E-state index contributed by atoms with van der Waals surface area (Å²) in [6.45, 7) is 17.8. The van der Waals surface area contributed by atoms with Gasteiger partial charge >= 0.3 is 11.4 Å². The average Bonchev–Trinajstić information content (AvgIpc) is 3.46. The van der Waals surface area contributed by atoms with Gasteiger partial charge in [0.25, 0.3) is 0 Å². The first-order chi connectivity index (χ1) is 22.9. The van der Waals surface area contributed by atoms with Crippen LogP contribution in [0.15, 0.2) is 34.1 Å². The van der Waals surface area contributed by atoms with Crippen LogP contribution in [0.3, 0.4) is 0 Å². The number of aliphatic hydroxyl groups is 6. The molecule has 2 fully saturated rings. The molecule has 2 aliphatic rings. The van der Waals surface area contributed by atoms with E-state index in [2.05, 4.69) is 65.4 Å². The maximum atomic E-state index is 11.5. The molecule has 0 aliphatic carbocycles. The van der Waals surface area contributed by atoms with Crippen LogP contribution < -0.4 is 22.8 Å². The molecule has 17 nitrogen and oxygen atoms in total. The number of rotatable bonds is 10. The molecule has 0 radical (unpaired) electrons. The van der Waals surface area contributed by atoms with Gasteiger partial charge in [0, 0.05) is 12.4 Å². The molecule has 0 amide bonds.